The molecule has 0 saturated carbocycles. The number of hydrogen-bond donors (Lipinski definition) is 0. The molecule has 144 valence electrons. The number of carbonyl (C=O) groups is 1. The van der Waals surface area contributed by atoms with E-state index in [1.807, 2.05) is 54.6 Å². The van der Waals surface area contributed by atoms with E-state index >= 15 is 0 Å². The third-order valence-corrected chi connectivity index (χ3v) is 5.11. The number of rotatable bonds is 5. The molecule has 6 nitrogen and oxygen atoms in total. The van der Waals surface area contributed by atoms with Gasteiger partial charge in [0.25, 0.3) is 0 Å². The van der Waals surface area contributed by atoms with Crippen molar-refractivity contribution < 1.29 is 4.79 Å². The second kappa shape index (κ2) is 8.63. The maximum Gasteiger partial charge on any atom is 0.193 e. The van der Waals surface area contributed by atoms with Crippen LogP contribution in [0.1, 0.15) is 27.2 Å². The zero-order chi connectivity index (χ0) is 20.1. The fourth-order valence-corrected chi connectivity index (χ4v) is 3.53. The van der Waals surface area contributed by atoms with Gasteiger partial charge >= 0.3 is 0 Å². The van der Waals surface area contributed by atoms with Crippen molar-refractivity contribution in [3.63, 3.8) is 0 Å². The molecule has 1 aromatic heterocycles. The number of nitrogens with zero attached hydrogens (tertiary/aromatic N) is 5. The second-order valence-electron chi connectivity index (χ2n) is 7.00. The SMILES string of the molecule is N#Cc1nccnc1N1CCN(Cc2ccc(C(=O)c3ccccc3)cc2)CC1. The minimum Gasteiger partial charge on any atom is -0.352 e. The molecular formula is C23H21N5O. The summed E-state index contributed by atoms with van der Waals surface area (Å²) in [6.07, 6.45) is 3.17. The third kappa shape index (κ3) is 4.31. The minimum atomic E-state index is 0.0445. The molecule has 0 bridgehead atoms. The van der Waals surface area contributed by atoms with Crippen LogP contribution in [0.5, 0.6) is 0 Å². The summed E-state index contributed by atoms with van der Waals surface area (Å²) in [6.45, 7) is 4.20. The molecule has 0 amide bonds. The Morgan fingerprint density at radius 1 is 0.897 bits per heavy atom. The second-order valence-corrected chi connectivity index (χ2v) is 7.00. The van der Waals surface area contributed by atoms with Crippen molar-refractivity contribution in [3.8, 4) is 6.07 Å². The summed E-state index contributed by atoms with van der Waals surface area (Å²) in [5.74, 6) is 0.710. The van der Waals surface area contributed by atoms with Crippen molar-refractivity contribution in [2.24, 2.45) is 0 Å². The molecule has 4 rings (SSSR count). The van der Waals surface area contributed by atoms with Gasteiger partial charge in [0.1, 0.15) is 6.07 Å². The van der Waals surface area contributed by atoms with Gasteiger partial charge in [0, 0.05) is 56.2 Å². The molecule has 0 aliphatic carbocycles. The Morgan fingerprint density at radius 3 is 2.24 bits per heavy atom. The highest BCUT2D eigenvalue weighted by Gasteiger charge is 2.21. The predicted octanol–water partition coefficient (Wildman–Crippen LogP) is 2.90. The molecule has 0 N–H and O–H groups in total. The van der Waals surface area contributed by atoms with Crippen molar-refractivity contribution in [2.45, 2.75) is 6.54 Å². The van der Waals surface area contributed by atoms with Crippen LogP contribution in [-0.4, -0.2) is 46.8 Å². The number of hydrogen-bond acceptors (Lipinski definition) is 6. The van der Waals surface area contributed by atoms with E-state index in [1.54, 1.807) is 12.4 Å². The van der Waals surface area contributed by atoms with Gasteiger partial charge in [-0.05, 0) is 5.56 Å². The lowest BCUT2D eigenvalue weighted by atomic mass is 10.0. The lowest BCUT2D eigenvalue weighted by molar-refractivity contribution is 0.103. The van der Waals surface area contributed by atoms with Crippen LogP contribution < -0.4 is 4.90 Å². The molecule has 0 atom stereocenters. The van der Waals surface area contributed by atoms with Crippen molar-refractivity contribution in [3.05, 3.63) is 89.4 Å². The summed E-state index contributed by atoms with van der Waals surface area (Å²) in [7, 11) is 0. The summed E-state index contributed by atoms with van der Waals surface area (Å²) >= 11 is 0. The van der Waals surface area contributed by atoms with Crippen molar-refractivity contribution in [2.75, 3.05) is 31.1 Å². The lowest BCUT2D eigenvalue weighted by Crippen LogP contribution is -2.46. The van der Waals surface area contributed by atoms with Crippen molar-refractivity contribution in [1.82, 2.24) is 14.9 Å². The number of benzene rings is 2. The van der Waals surface area contributed by atoms with E-state index in [9.17, 15) is 10.1 Å². The van der Waals surface area contributed by atoms with Gasteiger partial charge in [-0.15, -0.1) is 0 Å². The normalized spacial score (nSPS) is 14.4. The first-order chi connectivity index (χ1) is 14.2. The number of piperazine rings is 1. The van der Waals surface area contributed by atoms with Crippen LogP contribution in [-0.2, 0) is 6.54 Å². The molecule has 0 radical (unpaired) electrons. The Bertz CT molecular complexity index is 1020. The highest BCUT2D eigenvalue weighted by Crippen LogP contribution is 2.18. The maximum absolute atomic E-state index is 12.5. The monoisotopic (exact) mass is 383 g/mol. The van der Waals surface area contributed by atoms with Crippen LogP contribution in [0.25, 0.3) is 0 Å². The van der Waals surface area contributed by atoms with E-state index in [1.165, 1.54) is 5.56 Å². The van der Waals surface area contributed by atoms with E-state index in [-0.39, 0.29) is 5.78 Å². The predicted molar refractivity (Wildman–Crippen MR) is 111 cm³/mol. The van der Waals surface area contributed by atoms with Gasteiger partial charge in [-0.3, -0.25) is 9.69 Å². The third-order valence-electron chi connectivity index (χ3n) is 5.11. The van der Waals surface area contributed by atoms with Gasteiger partial charge in [-0.1, -0.05) is 54.6 Å². The first-order valence-electron chi connectivity index (χ1n) is 9.62. The summed E-state index contributed by atoms with van der Waals surface area (Å²) in [5.41, 5.74) is 2.97. The molecule has 2 heterocycles. The fraction of sp³-hybridized carbons (Fsp3) is 0.217. The van der Waals surface area contributed by atoms with E-state index in [0.717, 1.165) is 32.7 Å². The summed E-state index contributed by atoms with van der Waals surface area (Å²) < 4.78 is 0. The van der Waals surface area contributed by atoms with E-state index in [0.29, 0.717) is 22.6 Å². The van der Waals surface area contributed by atoms with Crippen LogP contribution in [0, 0.1) is 11.3 Å². The number of carbonyl (C=O) groups excluding carboxylic acids is 1. The number of ketones is 1. The molecule has 1 fully saturated rings. The summed E-state index contributed by atoms with van der Waals surface area (Å²) in [5, 5.41) is 9.22. The van der Waals surface area contributed by atoms with Gasteiger partial charge in [-0.2, -0.15) is 5.26 Å². The van der Waals surface area contributed by atoms with Gasteiger partial charge in [0.05, 0.1) is 0 Å². The Morgan fingerprint density at radius 2 is 1.55 bits per heavy atom. The minimum absolute atomic E-state index is 0.0445. The molecule has 0 spiro atoms. The lowest BCUT2D eigenvalue weighted by Gasteiger charge is -2.35. The first kappa shape index (κ1) is 18.8. The first-order valence-corrected chi connectivity index (χ1v) is 9.62. The fourth-order valence-electron chi connectivity index (χ4n) is 3.53. The molecular weight excluding hydrogens is 362 g/mol. The van der Waals surface area contributed by atoms with Crippen molar-refractivity contribution >= 4 is 11.6 Å². The van der Waals surface area contributed by atoms with Crippen LogP contribution >= 0.6 is 0 Å². The Kier molecular flexibility index (Phi) is 5.59. The highest BCUT2D eigenvalue weighted by molar-refractivity contribution is 6.08. The zero-order valence-corrected chi connectivity index (χ0v) is 16.0. The van der Waals surface area contributed by atoms with Crippen molar-refractivity contribution in [1.29, 1.82) is 5.26 Å². The largest absolute Gasteiger partial charge is 0.352 e. The maximum atomic E-state index is 12.5. The van der Waals surface area contributed by atoms with Gasteiger partial charge in [0.2, 0.25) is 0 Å². The van der Waals surface area contributed by atoms with Gasteiger partial charge < -0.3 is 4.90 Å². The summed E-state index contributed by atoms with van der Waals surface area (Å²) in [4.78, 5) is 25.4. The Hall–Kier alpha value is -3.56. The average molecular weight is 383 g/mol. The average Bonchev–Trinajstić information content (AvgIpc) is 2.80. The molecule has 3 aromatic rings. The summed E-state index contributed by atoms with van der Waals surface area (Å²) in [6, 6.07) is 19.3. The molecule has 1 saturated heterocycles. The smallest absolute Gasteiger partial charge is 0.193 e. The number of anilines is 1. The quantitative estimate of drug-likeness (QED) is 0.631. The van der Waals surface area contributed by atoms with Crippen LogP contribution in [0.15, 0.2) is 67.0 Å². The van der Waals surface area contributed by atoms with Crippen LogP contribution in [0.3, 0.4) is 0 Å². The van der Waals surface area contributed by atoms with Crippen LogP contribution in [0.4, 0.5) is 5.82 Å². The molecule has 2 aromatic carbocycles. The molecule has 1 aliphatic rings. The topological polar surface area (TPSA) is 73.1 Å². The molecule has 6 heteroatoms. The standard InChI is InChI=1S/C23H21N5O/c24-16-21-23(26-11-10-25-21)28-14-12-27(13-15-28)17-18-6-8-20(9-7-18)22(29)19-4-2-1-3-5-19/h1-11H,12-15,17H2. The number of aromatic nitrogens is 2. The van der Waals surface area contributed by atoms with Gasteiger partial charge in [0.15, 0.2) is 17.3 Å². The molecule has 1 aliphatic heterocycles. The molecule has 0 unspecified atom stereocenters. The number of nitriles is 1. The van der Waals surface area contributed by atoms with E-state index in [4.69, 9.17) is 0 Å². The van der Waals surface area contributed by atoms with E-state index in [2.05, 4.69) is 25.8 Å². The Balaban J connectivity index is 1.35. The Labute approximate surface area is 170 Å². The van der Waals surface area contributed by atoms with E-state index < -0.39 is 0 Å². The van der Waals surface area contributed by atoms with Gasteiger partial charge in [-0.25, -0.2) is 9.97 Å². The highest BCUT2D eigenvalue weighted by atomic mass is 16.1. The zero-order valence-electron chi connectivity index (χ0n) is 16.0. The van der Waals surface area contributed by atoms with Crippen LogP contribution in [0.2, 0.25) is 0 Å². The molecule has 29 heavy (non-hydrogen) atoms.